The molecule has 19 heavy (non-hydrogen) atoms. The van der Waals surface area contributed by atoms with Crippen molar-refractivity contribution in [1.29, 1.82) is 0 Å². The number of carbonyl (C=O) groups is 1. The lowest BCUT2D eigenvalue weighted by atomic mass is 10.1. The fraction of sp³-hybridized carbons (Fsp3) is 0.500. The standard InChI is InChI=1S/C14H23N3O2/c1-17(9-5-2-6-10-18)11-12-7-3-4-8-13(12)14(19)16-15/h3-4,7-8,18H,2,5-6,9-11,15H2,1H3,(H,16,19). The molecular weight excluding hydrogens is 242 g/mol. The Morgan fingerprint density at radius 3 is 2.74 bits per heavy atom. The van der Waals surface area contributed by atoms with E-state index in [9.17, 15) is 4.79 Å². The van der Waals surface area contributed by atoms with Crippen LogP contribution >= 0.6 is 0 Å². The summed E-state index contributed by atoms with van der Waals surface area (Å²) >= 11 is 0. The van der Waals surface area contributed by atoms with E-state index >= 15 is 0 Å². The average molecular weight is 265 g/mol. The van der Waals surface area contributed by atoms with Crippen LogP contribution < -0.4 is 11.3 Å². The van der Waals surface area contributed by atoms with Crippen LogP contribution in [-0.4, -0.2) is 36.1 Å². The third kappa shape index (κ3) is 5.38. The van der Waals surface area contributed by atoms with Crippen LogP contribution in [0.5, 0.6) is 0 Å². The zero-order chi connectivity index (χ0) is 14.1. The molecule has 4 N–H and O–H groups in total. The van der Waals surface area contributed by atoms with Gasteiger partial charge in [0.05, 0.1) is 0 Å². The molecule has 0 bridgehead atoms. The Kier molecular flexibility index (Phi) is 7.10. The fourth-order valence-electron chi connectivity index (χ4n) is 2.00. The second-order valence-electron chi connectivity index (χ2n) is 4.65. The zero-order valence-corrected chi connectivity index (χ0v) is 11.4. The number of hydrogen-bond acceptors (Lipinski definition) is 4. The third-order valence-electron chi connectivity index (χ3n) is 3.03. The van der Waals surface area contributed by atoms with Gasteiger partial charge in [0.25, 0.3) is 5.91 Å². The van der Waals surface area contributed by atoms with E-state index in [4.69, 9.17) is 10.9 Å². The molecule has 0 radical (unpaired) electrons. The van der Waals surface area contributed by atoms with Crippen LogP contribution in [-0.2, 0) is 6.54 Å². The Morgan fingerprint density at radius 2 is 2.05 bits per heavy atom. The van der Waals surface area contributed by atoms with Gasteiger partial charge in [-0.25, -0.2) is 5.84 Å². The predicted molar refractivity (Wildman–Crippen MR) is 75.4 cm³/mol. The van der Waals surface area contributed by atoms with E-state index in [0.717, 1.165) is 31.4 Å². The topological polar surface area (TPSA) is 78.6 Å². The summed E-state index contributed by atoms with van der Waals surface area (Å²) in [4.78, 5) is 13.8. The number of benzene rings is 1. The highest BCUT2D eigenvalue weighted by Gasteiger charge is 2.10. The van der Waals surface area contributed by atoms with Crippen molar-refractivity contribution in [2.24, 2.45) is 5.84 Å². The first kappa shape index (κ1) is 15.6. The maximum Gasteiger partial charge on any atom is 0.265 e. The first-order chi connectivity index (χ1) is 9.19. The Labute approximate surface area is 114 Å². The monoisotopic (exact) mass is 265 g/mol. The minimum Gasteiger partial charge on any atom is -0.396 e. The summed E-state index contributed by atoms with van der Waals surface area (Å²) in [5.74, 6) is 4.92. The Morgan fingerprint density at radius 1 is 1.32 bits per heavy atom. The minimum absolute atomic E-state index is 0.253. The van der Waals surface area contributed by atoms with E-state index in [2.05, 4.69) is 10.3 Å². The van der Waals surface area contributed by atoms with Crippen LogP contribution in [0.25, 0.3) is 0 Å². The van der Waals surface area contributed by atoms with Crippen molar-refractivity contribution < 1.29 is 9.90 Å². The molecule has 0 fully saturated rings. The first-order valence-corrected chi connectivity index (χ1v) is 6.57. The number of hydrazine groups is 1. The lowest BCUT2D eigenvalue weighted by molar-refractivity contribution is 0.0952. The highest BCUT2D eigenvalue weighted by Crippen LogP contribution is 2.11. The van der Waals surface area contributed by atoms with Gasteiger partial charge >= 0.3 is 0 Å². The molecule has 0 spiro atoms. The maximum atomic E-state index is 11.6. The molecule has 106 valence electrons. The van der Waals surface area contributed by atoms with Gasteiger partial charge in [-0.15, -0.1) is 0 Å². The molecule has 0 atom stereocenters. The van der Waals surface area contributed by atoms with Crippen molar-refractivity contribution in [3.05, 3.63) is 35.4 Å². The van der Waals surface area contributed by atoms with Gasteiger partial charge < -0.3 is 10.0 Å². The molecule has 0 aliphatic carbocycles. The van der Waals surface area contributed by atoms with Crippen molar-refractivity contribution in [2.45, 2.75) is 25.8 Å². The van der Waals surface area contributed by atoms with E-state index < -0.39 is 0 Å². The second kappa shape index (κ2) is 8.63. The van der Waals surface area contributed by atoms with Crippen molar-refractivity contribution in [1.82, 2.24) is 10.3 Å². The lowest BCUT2D eigenvalue weighted by Gasteiger charge is -2.18. The summed E-state index contributed by atoms with van der Waals surface area (Å²) in [5.41, 5.74) is 3.76. The van der Waals surface area contributed by atoms with Crippen LogP contribution in [0.4, 0.5) is 0 Å². The maximum absolute atomic E-state index is 11.6. The van der Waals surface area contributed by atoms with Crippen LogP contribution in [0.15, 0.2) is 24.3 Å². The molecule has 1 aromatic carbocycles. The Hall–Kier alpha value is -1.43. The van der Waals surface area contributed by atoms with Crippen LogP contribution in [0.2, 0.25) is 0 Å². The zero-order valence-electron chi connectivity index (χ0n) is 11.4. The lowest BCUT2D eigenvalue weighted by Crippen LogP contribution is -2.31. The van der Waals surface area contributed by atoms with E-state index in [1.165, 1.54) is 0 Å². The molecule has 0 saturated heterocycles. The van der Waals surface area contributed by atoms with Gasteiger partial charge in [0.15, 0.2) is 0 Å². The summed E-state index contributed by atoms with van der Waals surface area (Å²) < 4.78 is 0. The van der Waals surface area contributed by atoms with E-state index in [-0.39, 0.29) is 12.5 Å². The Balaban J connectivity index is 2.54. The number of hydrogen-bond donors (Lipinski definition) is 3. The number of unbranched alkanes of at least 4 members (excludes halogenated alkanes) is 2. The molecule has 0 aromatic heterocycles. The van der Waals surface area contributed by atoms with Crippen molar-refractivity contribution in [3.8, 4) is 0 Å². The van der Waals surface area contributed by atoms with Gasteiger partial charge in [0.1, 0.15) is 0 Å². The molecule has 1 amide bonds. The minimum atomic E-state index is -0.260. The van der Waals surface area contributed by atoms with Gasteiger partial charge in [0.2, 0.25) is 0 Å². The van der Waals surface area contributed by atoms with Gasteiger partial charge in [-0.1, -0.05) is 18.2 Å². The molecule has 0 heterocycles. The van der Waals surface area contributed by atoms with Crippen molar-refractivity contribution >= 4 is 5.91 Å². The predicted octanol–water partition coefficient (Wildman–Crippen LogP) is 0.885. The highest BCUT2D eigenvalue weighted by atomic mass is 16.2. The van der Waals surface area contributed by atoms with Crippen molar-refractivity contribution in [2.75, 3.05) is 20.2 Å². The number of amides is 1. The average Bonchev–Trinajstić information content (AvgIpc) is 2.43. The van der Waals surface area contributed by atoms with E-state index in [1.807, 2.05) is 25.2 Å². The fourth-order valence-corrected chi connectivity index (χ4v) is 2.00. The largest absolute Gasteiger partial charge is 0.396 e. The number of carbonyl (C=O) groups excluding carboxylic acids is 1. The highest BCUT2D eigenvalue weighted by molar-refractivity contribution is 5.95. The van der Waals surface area contributed by atoms with Crippen LogP contribution in [0.3, 0.4) is 0 Å². The first-order valence-electron chi connectivity index (χ1n) is 6.57. The SMILES string of the molecule is CN(CCCCCO)Cc1ccccc1C(=O)NN. The molecule has 0 unspecified atom stereocenters. The van der Waals surface area contributed by atoms with Crippen molar-refractivity contribution in [3.63, 3.8) is 0 Å². The molecule has 0 aliphatic heterocycles. The summed E-state index contributed by atoms with van der Waals surface area (Å²) in [6.45, 7) is 1.91. The number of rotatable bonds is 8. The molecule has 0 saturated carbocycles. The van der Waals surface area contributed by atoms with Gasteiger partial charge in [0, 0.05) is 18.7 Å². The van der Waals surface area contributed by atoms with Crippen LogP contribution in [0.1, 0.15) is 35.2 Å². The van der Waals surface area contributed by atoms with Gasteiger partial charge in [-0.3, -0.25) is 10.2 Å². The summed E-state index contributed by atoms with van der Waals surface area (Å²) in [6, 6.07) is 7.46. The number of nitrogens with zero attached hydrogens (tertiary/aromatic N) is 1. The normalized spacial score (nSPS) is 10.7. The number of nitrogens with two attached hydrogens (primary N) is 1. The smallest absolute Gasteiger partial charge is 0.265 e. The summed E-state index contributed by atoms with van der Waals surface area (Å²) in [7, 11) is 2.02. The molecule has 5 heteroatoms. The van der Waals surface area contributed by atoms with Gasteiger partial charge in [-0.05, 0) is 44.5 Å². The van der Waals surface area contributed by atoms with Crippen LogP contribution in [0, 0.1) is 0 Å². The number of nitrogen functional groups attached to an aromatic ring is 1. The molecular formula is C14H23N3O2. The molecule has 0 aliphatic rings. The van der Waals surface area contributed by atoms with E-state index in [0.29, 0.717) is 12.1 Å². The summed E-state index contributed by atoms with van der Waals surface area (Å²) in [5, 5.41) is 8.72. The number of nitrogens with one attached hydrogen (secondary N) is 1. The quantitative estimate of drug-likeness (QED) is 0.282. The molecule has 1 rings (SSSR count). The molecule has 1 aromatic rings. The molecule has 5 nitrogen and oxygen atoms in total. The Bertz CT molecular complexity index is 396. The number of aliphatic hydroxyl groups is 1. The number of aliphatic hydroxyl groups excluding tert-OH is 1. The second-order valence-corrected chi connectivity index (χ2v) is 4.65. The van der Waals surface area contributed by atoms with Gasteiger partial charge in [-0.2, -0.15) is 0 Å². The third-order valence-corrected chi connectivity index (χ3v) is 3.03. The summed E-state index contributed by atoms with van der Waals surface area (Å²) in [6.07, 6.45) is 2.91. The van der Waals surface area contributed by atoms with E-state index in [1.54, 1.807) is 6.07 Å².